The van der Waals surface area contributed by atoms with E-state index in [1.807, 2.05) is 0 Å². The normalized spacial score (nSPS) is 13.3. The summed E-state index contributed by atoms with van der Waals surface area (Å²) >= 11 is 0. The second-order valence-corrected chi connectivity index (χ2v) is 4.75. The van der Waals surface area contributed by atoms with Crippen LogP contribution in [0.25, 0.3) is 0 Å². The van der Waals surface area contributed by atoms with E-state index in [1.165, 1.54) is 6.92 Å². The second-order valence-electron chi connectivity index (χ2n) is 4.75. The van der Waals surface area contributed by atoms with Crippen molar-refractivity contribution in [2.75, 3.05) is 13.7 Å². The lowest BCUT2D eigenvalue weighted by molar-refractivity contribution is -0.189. The summed E-state index contributed by atoms with van der Waals surface area (Å²) in [5.74, 6) is -3.11. The predicted molar refractivity (Wildman–Crippen MR) is 67.4 cm³/mol. The molecular weight excluding hydrogens is 346 g/mol. The Morgan fingerprint density at radius 3 is 2.21 bits per heavy atom. The molecule has 0 aliphatic rings. The maximum absolute atomic E-state index is 12.4. The molecule has 0 radical (unpaired) electrons. The van der Waals surface area contributed by atoms with Crippen molar-refractivity contribution < 1.29 is 40.7 Å². The Bertz CT molecular complexity index is 597. The number of hydrogen-bond donors (Lipinski definition) is 0. The van der Waals surface area contributed by atoms with Crippen molar-refractivity contribution >= 4 is 11.9 Å². The first-order chi connectivity index (χ1) is 10.8. The predicted octanol–water partition coefficient (Wildman–Crippen LogP) is 2.73. The molecule has 1 atom stereocenters. The van der Waals surface area contributed by atoms with Crippen molar-refractivity contribution in [1.82, 2.24) is 9.88 Å². The Hall–Kier alpha value is -2.33. The lowest BCUT2D eigenvalue weighted by Gasteiger charge is -2.23. The minimum absolute atomic E-state index is 0.0162. The number of pyridine rings is 1. The number of ether oxygens (including phenoxy) is 1. The van der Waals surface area contributed by atoms with Crippen molar-refractivity contribution in [1.29, 1.82) is 0 Å². The van der Waals surface area contributed by atoms with E-state index in [0.29, 0.717) is 11.1 Å². The zero-order chi connectivity index (χ0) is 18.7. The minimum Gasteiger partial charge on any atom is -0.449 e. The standard InChI is InChI=1S/C13H12F6N2O3/c1-7(9-4-3-8(5-20-9)13(17,18)19)21(2)10(22)11(23)24-6-12(14,15)16/h3-5,7H,6H2,1-2H3. The molecule has 0 N–H and O–H groups in total. The molecule has 0 aromatic carbocycles. The zero-order valence-electron chi connectivity index (χ0n) is 12.4. The molecule has 0 fully saturated rings. The van der Waals surface area contributed by atoms with Crippen LogP contribution in [0.5, 0.6) is 0 Å². The SMILES string of the molecule is CC(c1ccc(C(F)(F)F)cn1)N(C)C(=O)C(=O)OCC(F)(F)F. The van der Waals surface area contributed by atoms with Crippen molar-refractivity contribution in [2.24, 2.45) is 0 Å². The van der Waals surface area contributed by atoms with Crippen molar-refractivity contribution in [3.63, 3.8) is 0 Å². The van der Waals surface area contributed by atoms with Crippen molar-refractivity contribution in [2.45, 2.75) is 25.3 Å². The summed E-state index contributed by atoms with van der Waals surface area (Å²) in [5.41, 5.74) is -0.987. The maximum Gasteiger partial charge on any atom is 0.422 e. The molecule has 11 heteroatoms. The van der Waals surface area contributed by atoms with Gasteiger partial charge in [-0.2, -0.15) is 26.3 Å². The topological polar surface area (TPSA) is 59.5 Å². The number of esters is 1. The lowest BCUT2D eigenvalue weighted by Crippen LogP contribution is -2.38. The monoisotopic (exact) mass is 358 g/mol. The van der Waals surface area contributed by atoms with Gasteiger partial charge in [-0.25, -0.2) is 4.79 Å². The molecule has 1 heterocycles. The van der Waals surface area contributed by atoms with Crippen LogP contribution >= 0.6 is 0 Å². The second kappa shape index (κ2) is 7.05. The summed E-state index contributed by atoms with van der Waals surface area (Å²) in [6.07, 6.45) is -8.82. The molecule has 0 spiro atoms. The van der Waals surface area contributed by atoms with Crippen molar-refractivity contribution in [3.8, 4) is 0 Å². The third-order valence-electron chi connectivity index (χ3n) is 2.98. The molecular formula is C13H12F6N2O3. The van der Waals surface area contributed by atoms with E-state index in [1.54, 1.807) is 0 Å². The van der Waals surface area contributed by atoms with Gasteiger partial charge in [-0.05, 0) is 19.1 Å². The van der Waals surface area contributed by atoms with Gasteiger partial charge in [0.25, 0.3) is 0 Å². The van der Waals surface area contributed by atoms with Gasteiger partial charge in [-0.15, -0.1) is 0 Å². The number of likely N-dealkylation sites (N-methyl/N-ethyl adjacent to an activating group) is 1. The van der Waals surface area contributed by atoms with E-state index in [-0.39, 0.29) is 5.69 Å². The number of nitrogens with zero attached hydrogens (tertiary/aromatic N) is 2. The quantitative estimate of drug-likeness (QED) is 0.474. The van der Waals surface area contributed by atoms with E-state index in [9.17, 15) is 35.9 Å². The summed E-state index contributed by atoms with van der Waals surface area (Å²) < 4.78 is 76.9. The fourth-order valence-corrected chi connectivity index (χ4v) is 1.55. The van der Waals surface area contributed by atoms with Crippen LogP contribution in [0.15, 0.2) is 18.3 Å². The molecule has 0 saturated carbocycles. The zero-order valence-corrected chi connectivity index (χ0v) is 12.4. The first-order valence-electron chi connectivity index (χ1n) is 6.36. The van der Waals surface area contributed by atoms with Crippen LogP contribution in [0.1, 0.15) is 24.2 Å². The van der Waals surface area contributed by atoms with Gasteiger partial charge in [0.15, 0.2) is 6.61 Å². The van der Waals surface area contributed by atoms with Gasteiger partial charge in [0.2, 0.25) is 0 Å². The van der Waals surface area contributed by atoms with Crippen molar-refractivity contribution in [3.05, 3.63) is 29.6 Å². The molecule has 1 aromatic rings. The van der Waals surface area contributed by atoms with E-state index >= 15 is 0 Å². The fourth-order valence-electron chi connectivity index (χ4n) is 1.55. The molecule has 1 unspecified atom stereocenters. The smallest absolute Gasteiger partial charge is 0.422 e. The average Bonchev–Trinajstić information content (AvgIpc) is 2.49. The highest BCUT2D eigenvalue weighted by molar-refractivity contribution is 6.32. The molecule has 5 nitrogen and oxygen atoms in total. The summed E-state index contributed by atoms with van der Waals surface area (Å²) in [6.45, 7) is -0.580. The first kappa shape index (κ1) is 19.7. The summed E-state index contributed by atoms with van der Waals surface area (Å²) in [7, 11) is 1.08. The van der Waals surface area contributed by atoms with Gasteiger partial charge in [0, 0.05) is 13.2 Å². The van der Waals surface area contributed by atoms with E-state index in [2.05, 4.69) is 9.72 Å². The molecule has 0 bridgehead atoms. The van der Waals surface area contributed by atoms with Gasteiger partial charge in [-0.3, -0.25) is 9.78 Å². The third kappa shape index (κ3) is 5.39. The third-order valence-corrected chi connectivity index (χ3v) is 2.98. The molecule has 1 rings (SSSR count). The van der Waals surface area contributed by atoms with Crippen LogP contribution in [0, 0.1) is 0 Å². The van der Waals surface area contributed by atoms with Crippen LogP contribution < -0.4 is 0 Å². The number of rotatable bonds is 3. The van der Waals surface area contributed by atoms with Gasteiger partial charge >= 0.3 is 24.2 Å². The van der Waals surface area contributed by atoms with Crippen LogP contribution in [-0.2, 0) is 20.5 Å². The van der Waals surface area contributed by atoms with E-state index < -0.39 is 42.4 Å². The molecule has 24 heavy (non-hydrogen) atoms. The molecule has 0 aliphatic heterocycles. The maximum atomic E-state index is 12.4. The molecule has 0 aliphatic carbocycles. The molecule has 1 aromatic heterocycles. The fraction of sp³-hybridized carbons (Fsp3) is 0.462. The molecule has 0 saturated heterocycles. The highest BCUT2D eigenvalue weighted by Crippen LogP contribution is 2.29. The minimum atomic E-state index is -4.78. The summed E-state index contributed by atoms with van der Waals surface area (Å²) in [5, 5.41) is 0. The van der Waals surface area contributed by atoms with Gasteiger partial charge in [-0.1, -0.05) is 0 Å². The van der Waals surface area contributed by atoms with Crippen LogP contribution in [-0.4, -0.2) is 41.6 Å². The molecule has 134 valence electrons. The van der Waals surface area contributed by atoms with Gasteiger partial charge in [0.1, 0.15) is 0 Å². The van der Waals surface area contributed by atoms with Gasteiger partial charge in [0.05, 0.1) is 17.3 Å². The number of halogens is 6. The van der Waals surface area contributed by atoms with Crippen LogP contribution in [0.4, 0.5) is 26.3 Å². The Morgan fingerprint density at radius 2 is 1.79 bits per heavy atom. The van der Waals surface area contributed by atoms with Crippen LogP contribution in [0.2, 0.25) is 0 Å². The Labute approximate surface area is 132 Å². The largest absolute Gasteiger partial charge is 0.449 e. The Kier molecular flexibility index (Phi) is 5.80. The van der Waals surface area contributed by atoms with Gasteiger partial charge < -0.3 is 9.64 Å². The lowest BCUT2D eigenvalue weighted by atomic mass is 10.1. The number of alkyl halides is 6. The number of aromatic nitrogens is 1. The number of carbonyl (C=O) groups excluding carboxylic acids is 2. The summed E-state index contributed by atoms with van der Waals surface area (Å²) in [6, 6.07) is 0.774. The number of hydrogen-bond acceptors (Lipinski definition) is 4. The summed E-state index contributed by atoms with van der Waals surface area (Å²) in [4.78, 5) is 27.2. The number of amides is 1. The first-order valence-corrected chi connectivity index (χ1v) is 6.36. The highest BCUT2D eigenvalue weighted by Gasteiger charge is 2.34. The average molecular weight is 358 g/mol. The highest BCUT2D eigenvalue weighted by atomic mass is 19.4. The number of carbonyl (C=O) groups is 2. The van der Waals surface area contributed by atoms with E-state index in [0.717, 1.165) is 19.2 Å². The van der Waals surface area contributed by atoms with E-state index in [4.69, 9.17) is 0 Å². The van der Waals surface area contributed by atoms with Crippen LogP contribution in [0.3, 0.4) is 0 Å². The Balaban J connectivity index is 2.77. The Morgan fingerprint density at radius 1 is 1.21 bits per heavy atom. The molecule has 1 amide bonds.